The molecule has 0 aromatic heterocycles. The molecule has 170 valence electrons. The number of aliphatic hydroxyl groups excluding tert-OH is 1. The molecule has 0 saturated carbocycles. The molecule has 0 spiro atoms. The Hall–Kier alpha value is -2.02. The van der Waals surface area contributed by atoms with Crippen molar-refractivity contribution in [2.75, 3.05) is 6.61 Å². The number of aliphatic hydroxyl groups is 1. The highest BCUT2D eigenvalue weighted by molar-refractivity contribution is 7.87. The zero-order chi connectivity index (χ0) is 22.5. The van der Waals surface area contributed by atoms with E-state index in [1.807, 2.05) is 0 Å². The van der Waals surface area contributed by atoms with Gasteiger partial charge < -0.3 is 19.3 Å². The van der Waals surface area contributed by atoms with Crippen molar-refractivity contribution in [1.29, 1.82) is 0 Å². The summed E-state index contributed by atoms with van der Waals surface area (Å²) in [5.74, 6) is 0. The first-order chi connectivity index (χ1) is 14.7. The predicted molar refractivity (Wildman–Crippen MR) is 102 cm³/mol. The average molecular weight is 462 g/mol. The number of alkyl halides is 3. The number of benzene rings is 2. The Morgan fingerprint density at radius 1 is 0.903 bits per heavy atom. The van der Waals surface area contributed by atoms with Gasteiger partial charge in [0, 0.05) is 0 Å². The van der Waals surface area contributed by atoms with E-state index in [-0.39, 0.29) is 13.2 Å². The van der Waals surface area contributed by atoms with Crippen LogP contribution in [0.2, 0.25) is 0 Å². The molecular formula is C20H21F3O7S. The molecule has 3 rings (SSSR count). The number of rotatable bonds is 8. The third kappa shape index (κ3) is 6.25. The lowest BCUT2D eigenvalue weighted by atomic mass is 10.0. The van der Waals surface area contributed by atoms with Crippen molar-refractivity contribution in [3.05, 3.63) is 71.8 Å². The summed E-state index contributed by atoms with van der Waals surface area (Å²) >= 11 is 0. The summed E-state index contributed by atoms with van der Waals surface area (Å²) in [6.07, 6.45) is -5.90. The molecule has 2 aromatic rings. The number of hydrogen-bond donors (Lipinski definition) is 1. The zero-order valence-electron chi connectivity index (χ0n) is 16.1. The van der Waals surface area contributed by atoms with Gasteiger partial charge in [0.15, 0.2) is 6.29 Å². The fraction of sp³-hybridized carbons (Fsp3) is 0.400. The smallest absolute Gasteiger partial charge is 0.368 e. The lowest BCUT2D eigenvalue weighted by Gasteiger charge is -2.39. The molecule has 1 saturated heterocycles. The highest BCUT2D eigenvalue weighted by atomic mass is 32.2. The largest absolute Gasteiger partial charge is 0.523 e. The summed E-state index contributed by atoms with van der Waals surface area (Å²) in [5, 5.41) is 10.2. The predicted octanol–water partition coefficient (Wildman–Crippen LogP) is 2.74. The molecule has 1 aliphatic rings. The minimum absolute atomic E-state index is 0.0180. The summed E-state index contributed by atoms with van der Waals surface area (Å²) in [4.78, 5) is 0. The van der Waals surface area contributed by atoms with Crippen LogP contribution in [0.5, 0.6) is 0 Å². The Balaban J connectivity index is 1.80. The van der Waals surface area contributed by atoms with Gasteiger partial charge in [0.2, 0.25) is 0 Å². The van der Waals surface area contributed by atoms with Gasteiger partial charge in [-0.3, -0.25) is 4.18 Å². The van der Waals surface area contributed by atoms with Crippen molar-refractivity contribution < 1.29 is 45.1 Å². The van der Waals surface area contributed by atoms with Crippen LogP contribution in [0, 0.1) is 0 Å². The van der Waals surface area contributed by atoms with Gasteiger partial charge in [0.25, 0.3) is 0 Å². The van der Waals surface area contributed by atoms with Gasteiger partial charge in [0.1, 0.15) is 18.3 Å². The van der Waals surface area contributed by atoms with Crippen LogP contribution in [0.3, 0.4) is 0 Å². The molecule has 0 aliphatic carbocycles. The van der Waals surface area contributed by atoms with Crippen LogP contribution in [0.1, 0.15) is 11.1 Å². The van der Waals surface area contributed by atoms with E-state index in [0.29, 0.717) is 5.56 Å². The van der Waals surface area contributed by atoms with Gasteiger partial charge in [-0.15, -0.1) is 0 Å². The molecule has 0 bridgehead atoms. The van der Waals surface area contributed by atoms with Crippen LogP contribution in [-0.4, -0.2) is 50.2 Å². The van der Waals surface area contributed by atoms with Crippen LogP contribution >= 0.6 is 0 Å². The molecule has 11 heteroatoms. The second kappa shape index (κ2) is 10.1. The van der Waals surface area contributed by atoms with Crippen molar-refractivity contribution in [2.45, 2.75) is 43.3 Å². The van der Waals surface area contributed by atoms with Crippen molar-refractivity contribution in [3.8, 4) is 0 Å². The summed E-state index contributed by atoms with van der Waals surface area (Å²) in [6, 6.07) is 17.5. The average Bonchev–Trinajstić information content (AvgIpc) is 2.73. The summed E-state index contributed by atoms with van der Waals surface area (Å²) in [6.45, 7) is -0.730. The standard InChI is InChI=1S/C20H21F3O7S/c21-20(22,23)31(25,26)30-16-13-29-19(24)18(28-12-15-9-5-2-6-10-15)17(16)27-11-14-7-3-1-4-8-14/h1-10,16-19,24H,11-13H2/t16-,17-,18-,19-/m0/s1. The summed E-state index contributed by atoms with van der Waals surface area (Å²) in [5.41, 5.74) is -4.21. The van der Waals surface area contributed by atoms with E-state index in [4.69, 9.17) is 14.2 Å². The molecule has 2 aromatic carbocycles. The molecule has 1 N–H and O–H groups in total. The van der Waals surface area contributed by atoms with Crippen LogP contribution in [0.4, 0.5) is 13.2 Å². The Kier molecular flexibility index (Phi) is 7.68. The quantitative estimate of drug-likeness (QED) is 0.477. The van der Waals surface area contributed by atoms with E-state index in [1.54, 1.807) is 60.7 Å². The molecule has 0 unspecified atom stereocenters. The van der Waals surface area contributed by atoms with Gasteiger partial charge in [-0.05, 0) is 11.1 Å². The van der Waals surface area contributed by atoms with Gasteiger partial charge in [-0.25, -0.2) is 0 Å². The van der Waals surface area contributed by atoms with E-state index in [9.17, 15) is 26.7 Å². The van der Waals surface area contributed by atoms with Crippen LogP contribution < -0.4 is 0 Å². The molecule has 1 fully saturated rings. The van der Waals surface area contributed by atoms with Crippen molar-refractivity contribution in [2.24, 2.45) is 0 Å². The lowest BCUT2D eigenvalue weighted by molar-refractivity contribution is -0.275. The second-order valence-electron chi connectivity index (χ2n) is 6.78. The molecular weight excluding hydrogens is 441 g/mol. The second-order valence-corrected chi connectivity index (χ2v) is 8.34. The van der Waals surface area contributed by atoms with Crippen LogP contribution in [0.25, 0.3) is 0 Å². The molecule has 0 radical (unpaired) electrons. The first-order valence-corrected chi connectivity index (χ1v) is 10.7. The lowest BCUT2D eigenvalue weighted by Crippen LogP contribution is -2.57. The van der Waals surface area contributed by atoms with Gasteiger partial charge >= 0.3 is 15.6 Å². The maximum Gasteiger partial charge on any atom is 0.523 e. The van der Waals surface area contributed by atoms with Gasteiger partial charge in [-0.2, -0.15) is 21.6 Å². The fourth-order valence-corrected chi connectivity index (χ4v) is 3.57. The maximum atomic E-state index is 12.8. The molecule has 1 aliphatic heterocycles. The summed E-state index contributed by atoms with van der Waals surface area (Å²) < 4.78 is 82.3. The highest BCUT2D eigenvalue weighted by Crippen LogP contribution is 2.31. The van der Waals surface area contributed by atoms with Crippen molar-refractivity contribution in [1.82, 2.24) is 0 Å². The monoisotopic (exact) mass is 462 g/mol. The first-order valence-electron chi connectivity index (χ1n) is 9.27. The summed E-state index contributed by atoms with van der Waals surface area (Å²) in [7, 11) is -5.92. The van der Waals surface area contributed by atoms with E-state index >= 15 is 0 Å². The van der Waals surface area contributed by atoms with Gasteiger partial charge in [0.05, 0.1) is 19.8 Å². The Morgan fingerprint density at radius 2 is 1.39 bits per heavy atom. The minimum atomic E-state index is -5.92. The van der Waals surface area contributed by atoms with Crippen LogP contribution in [-0.2, 0) is 41.7 Å². The number of ether oxygens (including phenoxy) is 3. The number of hydrogen-bond acceptors (Lipinski definition) is 7. The van der Waals surface area contributed by atoms with E-state index in [2.05, 4.69) is 4.18 Å². The van der Waals surface area contributed by atoms with E-state index in [1.165, 1.54) is 0 Å². The third-order valence-corrected chi connectivity index (χ3v) is 5.57. The fourth-order valence-electron chi connectivity index (χ4n) is 2.97. The SMILES string of the molecule is O=S(=O)(O[C@H]1CO[C@H](O)[C@@H](OCc2ccccc2)[C@H]1OCc1ccccc1)C(F)(F)F. The van der Waals surface area contributed by atoms with Crippen molar-refractivity contribution >= 4 is 10.1 Å². The molecule has 4 atom stereocenters. The Labute approximate surface area is 177 Å². The van der Waals surface area contributed by atoms with Crippen LogP contribution in [0.15, 0.2) is 60.7 Å². The van der Waals surface area contributed by atoms with Gasteiger partial charge in [-0.1, -0.05) is 60.7 Å². The normalized spacial score (nSPS) is 24.8. The maximum absolute atomic E-state index is 12.8. The first kappa shape index (κ1) is 23.6. The number of halogens is 3. The Bertz CT molecular complexity index is 923. The minimum Gasteiger partial charge on any atom is -0.368 e. The van der Waals surface area contributed by atoms with E-state index < -0.39 is 46.8 Å². The molecule has 31 heavy (non-hydrogen) atoms. The third-order valence-electron chi connectivity index (χ3n) is 4.51. The zero-order valence-corrected chi connectivity index (χ0v) is 17.0. The molecule has 0 amide bonds. The highest BCUT2D eigenvalue weighted by Gasteiger charge is 2.52. The Morgan fingerprint density at radius 3 is 1.87 bits per heavy atom. The van der Waals surface area contributed by atoms with Crippen molar-refractivity contribution in [3.63, 3.8) is 0 Å². The van der Waals surface area contributed by atoms with E-state index in [0.717, 1.165) is 5.56 Å². The molecule has 1 heterocycles. The topological polar surface area (TPSA) is 91.3 Å². The molecule has 7 nitrogen and oxygen atoms in total.